The number of amides is 1. The van der Waals surface area contributed by atoms with Gasteiger partial charge in [-0.1, -0.05) is 0 Å². The fourth-order valence-corrected chi connectivity index (χ4v) is 3.54. The summed E-state index contributed by atoms with van der Waals surface area (Å²) in [5, 5.41) is 9.25. The van der Waals surface area contributed by atoms with Crippen molar-refractivity contribution in [3.05, 3.63) is 34.1 Å². The Bertz CT molecular complexity index is 695. The maximum Gasteiger partial charge on any atom is 0.267 e. The van der Waals surface area contributed by atoms with Crippen LogP contribution in [0, 0.1) is 0 Å². The van der Waals surface area contributed by atoms with Crippen LogP contribution in [0.5, 0.6) is 0 Å². The number of thiazole rings is 1. The highest BCUT2D eigenvalue weighted by Gasteiger charge is 2.14. The van der Waals surface area contributed by atoms with Crippen molar-refractivity contribution < 1.29 is 4.79 Å². The SMILES string of the molecule is O=C(Cn1nc(N2CCSCC2)ccc1=O)Nc1nccs1. The molecular formula is C13H15N5O2S2. The van der Waals surface area contributed by atoms with Crippen LogP contribution in [0.1, 0.15) is 0 Å². The number of rotatable bonds is 4. The van der Waals surface area contributed by atoms with E-state index in [9.17, 15) is 9.59 Å². The number of carbonyl (C=O) groups is 1. The molecule has 1 fully saturated rings. The molecule has 0 bridgehead atoms. The van der Waals surface area contributed by atoms with Gasteiger partial charge in [0.2, 0.25) is 5.91 Å². The van der Waals surface area contributed by atoms with E-state index in [0.29, 0.717) is 5.13 Å². The molecule has 116 valence electrons. The van der Waals surface area contributed by atoms with Gasteiger partial charge in [-0.05, 0) is 6.07 Å². The minimum Gasteiger partial charge on any atom is -0.354 e. The molecule has 0 radical (unpaired) electrons. The Labute approximate surface area is 135 Å². The Hall–Kier alpha value is -1.87. The molecule has 22 heavy (non-hydrogen) atoms. The molecule has 9 heteroatoms. The number of nitrogens with zero attached hydrogens (tertiary/aromatic N) is 4. The number of nitrogens with one attached hydrogen (secondary N) is 1. The van der Waals surface area contributed by atoms with Gasteiger partial charge in [0.1, 0.15) is 12.4 Å². The van der Waals surface area contributed by atoms with Crippen LogP contribution in [0.3, 0.4) is 0 Å². The van der Waals surface area contributed by atoms with E-state index in [4.69, 9.17) is 0 Å². The standard InChI is InChI=1S/C13H15N5O2S2/c19-11(15-13-14-3-6-22-13)9-18-12(20)2-1-10(16-18)17-4-7-21-8-5-17/h1-3,6H,4-5,7-9H2,(H,14,15,19). The van der Waals surface area contributed by atoms with E-state index in [2.05, 4.69) is 20.3 Å². The molecule has 2 aromatic rings. The summed E-state index contributed by atoms with van der Waals surface area (Å²) in [6.45, 7) is 1.69. The molecule has 7 nitrogen and oxygen atoms in total. The number of hydrogen-bond donors (Lipinski definition) is 1. The van der Waals surface area contributed by atoms with Gasteiger partial charge in [-0.25, -0.2) is 9.67 Å². The average molecular weight is 337 g/mol. The maximum absolute atomic E-state index is 12.0. The Morgan fingerprint density at radius 2 is 2.14 bits per heavy atom. The maximum atomic E-state index is 12.0. The van der Waals surface area contributed by atoms with E-state index in [1.807, 2.05) is 11.8 Å². The fourth-order valence-electron chi connectivity index (χ4n) is 2.09. The predicted molar refractivity (Wildman–Crippen MR) is 88.8 cm³/mol. The lowest BCUT2D eigenvalue weighted by atomic mass is 10.4. The van der Waals surface area contributed by atoms with Crippen LogP contribution in [0.25, 0.3) is 0 Å². The lowest BCUT2D eigenvalue weighted by Gasteiger charge is -2.27. The van der Waals surface area contributed by atoms with E-state index in [1.165, 1.54) is 22.1 Å². The third kappa shape index (κ3) is 3.66. The van der Waals surface area contributed by atoms with Crippen LogP contribution < -0.4 is 15.8 Å². The van der Waals surface area contributed by atoms with E-state index in [0.717, 1.165) is 30.4 Å². The summed E-state index contributed by atoms with van der Waals surface area (Å²) < 4.78 is 1.19. The molecular weight excluding hydrogens is 322 g/mol. The first-order chi connectivity index (χ1) is 10.7. The zero-order valence-corrected chi connectivity index (χ0v) is 13.4. The number of carbonyl (C=O) groups excluding carboxylic acids is 1. The Morgan fingerprint density at radius 1 is 1.32 bits per heavy atom. The van der Waals surface area contributed by atoms with Gasteiger partial charge in [-0.2, -0.15) is 16.9 Å². The normalized spacial score (nSPS) is 14.8. The van der Waals surface area contributed by atoms with E-state index in [-0.39, 0.29) is 18.0 Å². The van der Waals surface area contributed by atoms with Crippen molar-refractivity contribution in [2.24, 2.45) is 0 Å². The van der Waals surface area contributed by atoms with E-state index in [1.54, 1.807) is 17.6 Å². The number of aromatic nitrogens is 3. The van der Waals surface area contributed by atoms with Gasteiger partial charge < -0.3 is 10.2 Å². The molecule has 1 aliphatic rings. The monoisotopic (exact) mass is 337 g/mol. The van der Waals surface area contributed by atoms with Gasteiger partial charge in [0.25, 0.3) is 5.56 Å². The van der Waals surface area contributed by atoms with Crippen molar-refractivity contribution in [3.8, 4) is 0 Å². The minimum atomic E-state index is -0.309. The summed E-state index contributed by atoms with van der Waals surface area (Å²) >= 11 is 3.24. The smallest absolute Gasteiger partial charge is 0.267 e. The molecule has 3 heterocycles. The van der Waals surface area contributed by atoms with Gasteiger partial charge in [0.15, 0.2) is 5.13 Å². The number of anilines is 2. The van der Waals surface area contributed by atoms with Crippen LogP contribution in [0.2, 0.25) is 0 Å². The van der Waals surface area contributed by atoms with E-state index >= 15 is 0 Å². The average Bonchev–Trinajstić information content (AvgIpc) is 3.03. The van der Waals surface area contributed by atoms with Crippen LogP contribution in [-0.2, 0) is 11.3 Å². The first-order valence-corrected chi connectivity index (χ1v) is 8.86. The van der Waals surface area contributed by atoms with E-state index < -0.39 is 0 Å². The van der Waals surface area contributed by atoms with Gasteiger partial charge in [0.05, 0.1) is 0 Å². The van der Waals surface area contributed by atoms with Crippen molar-refractivity contribution >= 4 is 40.0 Å². The number of hydrogen-bond acceptors (Lipinski definition) is 7. The molecule has 0 spiro atoms. The molecule has 1 amide bonds. The quantitative estimate of drug-likeness (QED) is 0.893. The van der Waals surface area contributed by atoms with Gasteiger partial charge in [-0.15, -0.1) is 11.3 Å². The lowest BCUT2D eigenvalue weighted by Crippen LogP contribution is -2.36. The minimum absolute atomic E-state index is 0.116. The zero-order chi connectivity index (χ0) is 15.4. The molecule has 1 aliphatic heterocycles. The highest BCUT2D eigenvalue weighted by molar-refractivity contribution is 7.99. The zero-order valence-electron chi connectivity index (χ0n) is 11.8. The van der Waals surface area contributed by atoms with Crippen LogP contribution in [-0.4, -0.2) is 45.3 Å². The molecule has 0 aliphatic carbocycles. The highest BCUT2D eigenvalue weighted by Crippen LogP contribution is 2.15. The molecule has 0 atom stereocenters. The Kier molecular flexibility index (Phi) is 4.74. The second-order valence-corrected chi connectivity index (χ2v) is 6.79. The first kappa shape index (κ1) is 15.0. The third-order valence-electron chi connectivity index (χ3n) is 3.16. The second kappa shape index (κ2) is 6.93. The topological polar surface area (TPSA) is 80.1 Å². The van der Waals surface area contributed by atoms with Crippen LogP contribution in [0.4, 0.5) is 10.9 Å². The molecule has 1 N–H and O–H groups in total. The van der Waals surface area contributed by atoms with Crippen molar-refractivity contribution in [2.75, 3.05) is 34.8 Å². The van der Waals surface area contributed by atoms with Crippen molar-refractivity contribution in [1.82, 2.24) is 14.8 Å². The third-order valence-corrected chi connectivity index (χ3v) is 4.79. The Balaban J connectivity index is 1.72. The molecule has 1 saturated heterocycles. The fraction of sp³-hybridized carbons (Fsp3) is 0.385. The molecule has 3 rings (SSSR count). The first-order valence-electron chi connectivity index (χ1n) is 6.82. The van der Waals surface area contributed by atoms with Gasteiger partial charge in [0, 0.05) is 42.2 Å². The predicted octanol–water partition coefficient (Wildman–Crippen LogP) is 0.892. The molecule has 0 aromatic carbocycles. The summed E-state index contributed by atoms with van der Waals surface area (Å²) in [5.74, 6) is 2.52. The van der Waals surface area contributed by atoms with Crippen molar-refractivity contribution in [1.29, 1.82) is 0 Å². The van der Waals surface area contributed by atoms with Crippen LogP contribution >= 0.6 is 23.1 Å². The molecule has 0 unspecified atom stereocenters. The van der Waals surface area contributed by atoms with Crippen molar-refractivity contribution in [2.45, 2.75) is 6.54 Å². The lowest BCUT2D eigenvalue weighted by molar-refractivity contribution is -0.117. The van der Waals surface area contributed by atoms with Crippen molar-refractivity contribution in [3.63, 3.8) is 0 Å². The molecule has 2 aromatic heterocycles. The summed E-state index contributed by atoms with van der Waals surface area (Å²) in [7, 11) is 0. The van der Waals surface area contributed by atoms with Crippen LogP contribution in [0.15, 0.2) is 28.5 Å². The summed E-state index contributed by atoms with van der Waals surface area (Å²) in [5.41, 5.74) is -0.288. The van der Waals surface area contributed by atoms with Gasteiger partial charge in [-0.3, -0.25) is 9.59 Å². The number of thioether (sulfide) groups is 1. The van der Waals surface area contributed by atoms with Gasteiger partial charge >= 0.3 is 0 Å². The highest BCUT2D eigenvalue weighted by atomic mass is 32.2. The second-order valence-electron chi connectivity index (χ2n) is 4.67. The summed E-state index contributed by atoms with van der Waals surface area (Å²) in [4.78, 5) is 29.9. The Morgan fingerprint density at radius 3 is 2.86 bits per heavy atom. The largest absolute Gasteiger partial charge is 0.354 e. The summed E-state index contributed by atoms with van der Waals surface area (Å²) in [6.07, 6.45) is 1.61. The summed E-state index contributed by atoms with van der Waals surface area (Å²) in [6, 6.07) is 3.17. The molecule has 0 saturated carbocycles.